The summed E-state index contributed by atoms with van der Waals surface area (Å²) in [6.07, 6.45) is 9.22. The molecule has 4 aliphatic carbocycles. The van der Waals surface area contributed by atoms with E-state index in [0.717, 1.165) is 51.4 Å². The second-order valence-corrected chi connectivity index (χ2v) is 12.3. The zero-order valence-electron chi connectivity index (χ0n) is 20.4. The van der Waals surface area contributed by atoms with Crippen molar-refractivity contribution in [1.82, 2.24) is 0 Å². The Morgan fingerprint density at radius 2 is 1.79 bits per heavy atom. The van der Waals surface area contributed by atoms with Crippen LogP contribution in [0.25, 0.3) is 0 Å². The third-order valence-corrected chi connectivity index (χ3v) is 10.9. The first-order chi connectivity index (χ1) is 15.5. The summed E-state index contributed by atoms with van der Waals surface area (Å²) in [5.41, 5.74) is -0.177. The zero-order valence-corrected chi connectivity index (χ0v) is 20.4. The quantitative estimate of drug-likeness (QED) is 0.385. The first kappa shape index (κ1) is 25.2. The van der Waals surface area contributed by atoms with Gasteiger partial charge in [0.2, 0.25) is 0 Å². The highest BCUT2D eigenvalue weighted by molar-refractivity contribution is 5.72. The molecular weight excluding hydrogens is 420 g/mol. The van der Waals surface area contributed by atoms with Crippen LogP contribution in [0.1, 0.15) is 72.1 Å². The maximum Gasteiger partial charge on any atom is 0.312 e. The van der Waals surface area contributed by atoms with Gasteiger partial charge in [-0.25, -0.2) is 0 Å². The van der Waals surface area contributed by atoms with Crippen molar-refractivity contribution in [2.45, 2.75) is 90.4 Å². The summed E-state index contributed by atoms with van der Waals surface area (Å²) >= 11 is 0. The molecule has 4 fully saturated rings. The van der Waals surface area contributed by atoms with E-state index < -0.39 is 24.6 Å². The third-order valence-electron chi connectivity index (χ3n) is 10.9. The molecule has 6 nitrogen and oxygen atoms in total. The normalized spacial score (nSPS) is 49.2. The molecule has 12 atom stereocenters. The first-order valence-electron chi connectivity index (χ1n) is 13.1. The van der Waals surface area contributed by atoms with Gasteiger partial charge in [-0.05, 0) is 97.7 Å². The molecule has 0 aromatic carbocycles. The monoisotopic (exact) mass is 464 g/mol. The fourth-order valence-electron chi connectivity index (χ4n) is 8.97. The second-order valence-electron chi connectivity index (χ2n) is 12.3. The van der Waals surface area contributed by atoms with Crippen molar-refractivity contribution in [3.05, 3.63) is 12.2 Å². The van der Waals surface area contributed by atoms with Crippen LogP contribution in [0.2, 0.25) is 0 Å². The Morgan fingerprint density at radius 1 is 1.06 bits per heavy atom. The largest absolute Gasteiger partial charge is 0.481 e. The van der Waals surface area contributed by atoms with Crippen LogP contribution >= 0.6 is 0 Å². The Balaban J connectivity index is 1.53. The van der Waals surface area contributed by atoms with E-state index in [1.165, 1.54) is 0 Å². The number of carbonyl (C=O) groups is 1. The van der Waals surface area contributed by atoms with E-state index in [-0.39, 0.29) is 40.8 Å². The average molecular weight is 465 g/mol. The fourth-order valence-corrected chi connectivity index (χ4v) is 8.97. The highest BCUT2D eigenvalue weighted by atomic mass is 16.4. The minimum absolute atomic E-state index is 0.0774. The Hall–Kier alpha value is -0.950. The van der Waals surface area contributed by atoms with Crippen molar-refractivity contribution in [3.63, 3.8) is 0 Å². The molecule has 1 unspecified atom stereocenters. The van der Waals surface area contributed by atoms with E-state index in [4.69, 9.17) is 5.11 Å². The molecule has 0 aliphatic heterocycles. The number of aliphatic carboxylic acids is 1. The van der Waals surface area contributed by atoms with Gasteiger partial charge in [-0.15, -0.1) is 0 Å². The highest BCUT2D eigenvalue weighted by Crippen LogP contribution is 2.68. The van der Waals surface area contributed by atoms with Crippen LogP contribution in [0.4, 0.5) is 0 Å². The number of hydrogen-bond acceptors (Lipinski definition) is 5. The fraction of sp³-hybridized carbons (Fsp3) is 0.889. The lowest BCUT2D eigenvalue weighted by atomic mass is 9.43. The Kier molecular flexibility index (Phi) is 7.05. The van der Waals surface area contributed by atoms with Crippen LogP contribution < -0.4 is 0 Å². The number of hydrogen-bond donors (Lipinski definition) is 5. The highest BCUT2D eigenvalue weighted by Gasteiger charge is 2.65. The smallest absolute Gasteiger partial charge is 0.312 e. The maximum atomic E-state index is 11.6. The molecule has 4 aliphatic rings. The molecule has 0 bridgehead atoms. The van der Waals surface area contributed by atoms with Crippen molar-refractivity contribution in [3.8, 4) is 0 Å². The van der Waals surface area contributed by atoms with Gasteiger partial charge in [-0.3, -0.25) is 4.79 Å². The number of aliphatic hydroxyl groups excluding tert-OH is 4. The number of rotatable bonds is 6. The van der Waals surface area contributed by atoms with Gasteiger partial charge in [0.15, 0.2) is 0 Å². The minimum atomic E-state index is -1.02. The number of carboxylic acid groups (broad SMARTS) is 1. The molecule has 0 saturated heterocycles. The van der Waals surface area contributed by atoms with Gasteiger partial charge in [0.25, 0.3) is 0 Å². The summed E-state index contributed by atoms with van der Waals surface area (Å²) in [6.45, 7) is 6.37. The minimum Gasteiger partial charge on any atom is -0.481 e. The zero-order chi connectivity index (χ0) is 24.1. The second kappa shape index (κ2) is 9.25. The van der Waals surface area contributed by atoms with Gasteiger partial charge in [0, 0.05) is 0 Å². The topological polar surface area (TPSA) is 118 Å². The van der Waals surface area contributed by atoms with E-state index in [0.29, 0.717) is 17.8 Å². The van der Waals surface area contributed by atoms with Crippen molar-refractivity contribution < 1.29 is 30.3 Å². The molecule has 0 aromatic heterocycles. The molecule has 0 radical (unpaired) electrons. The van der Waals surface area contributed by atoms with Crippen LogP contribution in [0.5, 0.6) is 0 Å². The lowest BCUT2D eigenvalue weighted by molar-refractivity contribution is -0.206. The molecule has 33 heavy (non-hydrogen) atoms. The lowest BCUT2D eigenvalue weighted by Crippen LogP contribution is -2.62. The summed E-state index contributed by atoms with van der Waals surface area (Å²) < 4.78 is 0. The van der Waals surface area contributed by atoms with Gasteiger partial charge in [0.1, 0.15) is 0 Å². The molecule has 188 valence electrons. The van der Waals surface area contributed by atoms with E-state index in [9.17, 15) is 25.2 Å². The SMILES string of the molecule is C[C@H](C/C=C/C(CO)C(=O)O)[C@H]1CC[C@H]2[C@@H]3[C@H](O)C[C@@H]4C[C@H](O)CC[C@]4(C)[C@H]3C[C@H](O)[C@]12C. The van der Waals surface area contributed by atoms with Gasteiger partial charge in [-0.1, -0.05) is 32.9 Å². The van der Waals surface area contributed by atoms with Gasteiger partial charge >= 0.3 is 5.97 Å². The lowest BCUT2D eigenvalue weighted by Gasteiger charge is -2.63. The van der Waals surface area contributed by atoms with Crippen LogP contribution in [0.3, 0.4) is 0 Å². The average Bonchev–Trinajstić information content (AvgIpc) is 3.11. The molecule has 5 N–H and O–H groups in total. The van der Waals surface area contributed by atoms with E-state index in [1.807, 2.05) is 6.08 Å². The van der Waals surface area contributed by atoms with Crippen LogP contribution in [-0.4, -0.2) is 56.4 Å². The van der Waals surface area contributed by atoms with Crippen LogP contribution in [0, 0.1) is 52.3 Å². The van der Waals surface area contributed by atoms with E-state index in [2.05, 4.69) is 20.8 Å². The maximum absolute atomic E-state index is 11.6. The standard InChI is InChI=1S/C27H44O6/c1-15(5-4-6-16(14-28)25(32)33)19-7-8-20-24-21(13-23(31)27(19,20)3)26(2)10-9-18(29)11-17(26)12-22(24)30/h4,6,15-24,28-31H,5,7-14H2,1-3H3,(H,32,33)/b6-4+/t15-,16?,17+,18-,19-,20+,21+,22-,23+,24+,26+,27-/m1/s1. The summed E-state index contributed by atoms with van der Waals surface area (Å²) in [4.78, 5) is 11.2. The number of aliphatic hydroxyl groups is 4. The van der Waals surface area contributed by atoms with E-state index in [1.54, 1.807) is 6.08 Å². The van der Waals surface area contributed by atoms with Crippen molar-refractivity contribution in [2.75, 3.05) is 6.61 Å². The van der Waals surface area contributed by atoms with Crippen LogP contribution in [-0.2, 0) is 4.79 Å². The summed E-state index contributed by atoms with van der Waals surface area (Å²) in [6, 6.07) is 0. The number of fused-ring (bicyclic) bond motifs is 5. The molecular formula is C27H44O6. The third kappa shape index (κ3) is 4.09. The first-order valence-corrected chi connectivity index (χ1v) is 13.1. The van der Waals surface area contributed by atoms with Gasteiger partial charge in [0.05, 0.1) is 30.8 Å². The van der Waals surface area contributed by atoms with Crippen molar-refractivity contribution in [1.29, 1.82) is 0 Å². The van der Waals surface area contributed by atoms with Crippen molar-refractivity contribution in [2.24, 2.45) is 52.3 Å². The molecule has 0 heterocycles. The molecule has 0 amide bonds. The number of carboxylic acids is 1. The molecule has 4 saturated carbocycles. The Labute approximate surface area is 198 Å². The van der Waals surface area contributed by atoms with Crippen molar-refractivity contribution >= 4 is 5.97 Å². The molecule has 6 heteroatoms. The van der Waals surface area contributed by atoms with E-state index >= 15 is 0 Å². The number of allylic oxidation sites excluding steroid dienone is 1. The summed E-state index contributed by atoms with van der Waals surface area (Å²) in [7, 11) is 0. The Morgan fingerprint density at radius 3 is 2.45 bits per heavy atom. The van der Waals surface area contributed by atoms with Crippen LogP contribution in [0.15, 0.2) is 12.2 Å². The Bertz CT molecular complexity index is 753. The molecule has 0 spiro atoms. The summed E-state index contributed by atoms with van der Waals surface area (Å²) in [5.74, 6) is -0.192. The molecule has 0 aromatic rings. The molecule has 4 rings (SSSR count). The van der Waals surface area contributed by atoms with Gasteiger partial charge < -0.3 is 25.5 Å². The predicted molar refractivity (Wildman–Crippen MR) is 125 cm³/mol. The predicted octanol–water partition coefficient (Wildman–Crippen LogP) is 3.22. The summed E-state index contributed by atoms with van der Waals surface area (Å²) in [5, 5.41) is 51.6. The van der Waals surface area contributed by atoms with Gasteiger partial charge in [-0.2, -0.15) is 0 Å².